The first-order valence-electron chi connectivity index (χ1n) is 7.18. The third-order valence-electron chi connectivity index (χ3n) is 3.56. The van der Waals surface area contributed by atoms with Crippen molar-refractivity contribution in [3.8, 4) is 5.75 Å². The van der Waals surface area contributed by atoms with Crippen molar-refractivity contribution in [2.45, 2.75) is 29.7 Å². The first-order valence-corrected chi connectivity index (χ1v) is 9.89. The average molecular weight is 351 g/mol. The Morgan fingerprint density at radius 3 is 2.35 bits per heavy atom. The molecule has 0 heterocycles. The van der Waals surface area contributed by atoms with E-state index in [0.29, 0.717) is 5.75 Å². The number of thioether (sulfide) groups is 1. The Morgan fingerprint density at radius 1 is 1.13 bits per heavy atom. The first-order chi connectivity index (χ1) is 10.9. The lowest BCUT2D eigenvalue weighted by Crippen LogP contribution is -2.27. The monoisotopic (exact) mass is 351 g/mol. The minimum atomic E-state index is -3.67. The van der Waals surface area contributed by atoms with Crippen LogP contribution in [0.4, 0.5) is 0 Å². The van der Waals surface area contributed by atoms with Crippen molar-refractivity contribution >= 4 is 21.8 Å². The van der Waals surface area contributed by atoms with E-state index in [0.717, 1.165) is 16.0 Å². The van der Waals surface area contributed by atoms with Gasteiger partial charge in [-0.3, -0.25) is 0 Å². The van der Waals surface area contributed by atoms with E-state index in [2.05, 4.69) is 4.72 Å². The molecule has 0 aliphatic heterocycles. The van der Waals surface area contributed by atoms with E-state index in [9.17, 15) is 8.42 Å². The Hall–Kier alpha value is -1.50. The van der Waals surface area contributed by atoms with Crippen LogP contribution in [0.25, 0.3) is 0 Å². The Labute approximate surface area is 142 Å². The lowest BCUT2D eigenvalue weighted by molar-refractivity contribution is 0.402. The van der Waals surface area contributed by atoms with Gasteiger partial charge < -0.3 is 4.74 Å². The molecule has 6 heteroatoms. The Morgan fingerprint density at radius 2 is 1.78 bits per heavy atom. The predicted molar refractivity (Wildman–Crippen MR) is 94.7 cm³/mol. The Balaban J connectivity index is 2.28. The third kappa shape index (κ3) is 4.28. The van der Waals surface area contributed by atoms with Gasteiger partial charge in [-0.25, -0.2) is 13.1 Å². The molecule has 23 heavy (non-hydrogen) atoms. The van der Waals surface area contributed by atoms with Crippen molar-refractivity contribution < 1.29 is 13.2 Å². The molecule has 0 bridgehead atoms. The molecule has 0 spiro atoms. The summed E-state index contributed by atoms with van der Waals surface area (Å²) in [7, 11) is -2.20. The molecule has 0 saturated heterocycles. The van der Waals surface area contributed by atoms with Crippen molar-refractivity contribution in [2.75, 3.05) is 13.4 Å². The van der Waals surface area contributed by atoms with E-state index < -0.39 is 10.0 Å². The lowest BCUT2D eigenvalue weighted by Gasteiger charge is -2.17. The van der Waals surface area contributed by atoms with Crippen LogP contribution in [-0.4, -0.2) is 21.8 Å². The van der Waals surface area contributed by atoms with Gasteiger partial charge in [-0.2, -0.15) is 0 Å². The molecule has 1 atom stereocenters. The zero-order valence-electron chi connectivity index (χ0n) is 13.7. The van der Waals surface area contributed by atoms with Gasteiger partial charge in [-0.05, 0) is 55.5 Å². The molecule has 0 radical (unpaired) electrons. The van der Waals surface area contributed by atoms with E-state index in [1.165, 1.54) is 7.11 Å². The lowest BCUT2D eigenvalue weighted by atomic mass is 10.1. The average Bonchev–Trinajstić information content (AvgIpc) is 2.54. The highest BCUT2D eigenvalue weighted by Gasteiger charge is 2.22. The maximum atomic E-state index is 12.7. The molecule has 0 aliphatic rings. The number of nitrogens with one attached hydrogen (secondary N) is 1. The summed E-state index contributed by atoms with van der Waals surface area (Å²) < 4.78 is 33.2. The van der Waals surface area contributed by atoms with Gasteiger partial charge in [0.05, 0.1) is 7.11 Å². The van der Waals surface area contributed by atoms with E-state index in [-0.39, 0.29) is 10.9 Å². The van der Waals surface area contributed by atoms with Gasteiger partial charge in [0.15, 0.2) is 0 Å². The van der Waals surface area contributed by atoms with Crippen molar-refractivity contribution in [3.63, 3.8) is 0 Å². The molecule has 2 rings (SSSR count). The summed E-state index contributed by atoms with van der Waals surface area (Å²) in [6.07, 6.45) is 2.01. The van der Waals surface area contributed by atoms with Crippen LogP contribution in [0, 0.1) is 6.92 Å². The standard InChI is InChI=1S/C17H21NO3S2/c1-12-5-10-16(21-3)17(11-12)23(19,20)18-13(2)14-6-8-15(22-4)9-7-14/h5-11,13,18H,1-4H3/t13-/m1/s1. The minimum Gasteiger partial charge on any atom is -0.495 e. The zero-order valence-corrected chi connectivity index (χ0v) is 15.3. The molecule has 0 unspecified atom stereocenters. The first kappa shape index (κ1) is 17.8. The number of sulfonamides is 1. The summed E-state index contributed by atoms with van der Waals surface area (Å²) in [5.74, 6) is 0.341. The molecule has 0 saturated carbocycles. The Bertz CT molecular complexity index is 771. The van der Waals surface area contributed by atoms with Gasteiger partial charge in [0, 0.05) is 10.9 Å². The largest absolute Gasteiger partial charge is 0.495 e. The fourth-order valence-electron chi connectivity index (χ4n) is 2.25. The highest BCUT2D eigenvalue weighted by molar-refractivity contribution is 7.98. The summed E-state index contributed by atoms with van der Waals surface area (Å²) in [5, 5.41) is 0. The van der Waals surface area contributed by atoms with Crippen LogP contribution in [0.2, 0.25) is 0 Å². The van der Waals surface area contributed by atoms with Crippen LogP contribution >= 0.6 is 11.8 Å². The minimum absolute atomic E-state index is 0.160. The predicted octanol–water partition coefficient (Wildman–Crippen LogP) is 3.77. The summed E-state index contributed by atoms with van der Waals surface area (Å²) >= 11 is 1.65. The van der Waals surface area contributed by atoms with Gasteiger partial charge in [0.1, 0.15) is 10.6 Å². The van der Waals surface area contributed by atoms with E-state index in [1.54, 1.807) is 23.9 Å². The fraction of sp³-hybridized carbons (Fsp3) is 0.294. The van der Waals surface area contributed by atoms with E-state index >= 15 is 0 Å². The molecule has 0 amide bonds. The third-order valence-corrected chi connectivity index (χ3v) is 5.86. The van der Waals surface area contributed by atoms with Crippen molar-refractivity contribution in [3.05, 3.63) is 53.6 Å². The second kappa shape index (κ2) is 7.38. The molecule has 0 fully saturated rings. The molecule has 0 aliphatic carbocycles. The molecular weight excluding hydrogens is 330 g/mol. The molecule has 124 valence electrons. The molecule has 0 aromatic heterocycles. The highest BCUT2D eigenvalue weighted by atomic mass is 32.2. The van der Waals surface area contributed by atoms with Crippen molar-refractivity contribution in [1.29, 1.82) is 0 Å². The SMILES string of the molecule is COc1ccc(C)cc1S(=O)(=O)N[C@H](C)c1ccc(SC)cc1. The number of hydrogen-bond donors (Lipinski definition) is 1. The summed E-state index contributed by atoms with van der Waals surface area (Å²) in [5.41, 5.74) is 1.78. The zero-order chi connectivity index (χ0) is 17.0. The summed E-state index contributed by atoms with van der Waals surface area (Å²) in [4.78, 5) is 1.30. The molecule has 4 nitrogen and oxygen atoms in total. The van der Waals surface area contributed by atoms with Gasteiger partial charge in [0.25, 0.3) is 0 Å². The van der Waals surface area contributed by atoms with Gasteiger partial charge in [-0.1, -0.05) is 18.2 Å². The number of methoxy groups -OCH3 is 1. The number of hydrogen-bond acceptors (Lipinski definition) is 4. The molecule has 2 aromatic rings. The van der Waals surface area contributed by atoms with Gasteiger partial charge >= 0.3 is 0 Å². The van der Waals surface area contributed by atoms with Crippen LogP contribution in [-0.2, 0) is 10.0 Å². The van der Waals surface area contributed by atoms with E-state index in [1.807, 2.05) is 50.4 Å². The summed E-state index contributed by atoms with van der Waals surface area (Å²) in [6, 6.07) is 12.6. The van der Waals surface area contributed by atoms with Gasteiger partial charge in [0.2, 0.25) is 10.0 Å². The molecule has 2 aromatic carbocycles. The number of benzene rings is 2. The number of ether oxygens (including phenoxy) is 1. The maximum absolute atomic E-state index is 12.7. The van der Waals surface area contributed by atoms with Crippen LogP contribution < -0.4 is 9.46 Å². The normalized spacial score (nSPS) is 12.9. The molecule has 1 N–H and O–H groups in total. The van der Waals surface area contributed by atoms with Crippen LogP contribution in [0.3, 0.4) is 0 Å². The second-order valence-corrected chi connectivity index (χ2v) is 7.83. The van der Waals surface area contributed by atoms with Crippen molar-refractivity contribution in [2.24, 2.45) is 0 Å². The van der Waals surface area contributed by atoms with Crippen molar-refractivity contribution in [1.82, 2.24) is 4.72 Å². The smallest absolute Gasteiger partial charge is 0.244 e. The fourth-order valence-corrected chi connectivity index (χ4v) is 4.14. The maximum Gasteiger partial charge on any atom is 0.244 e. The second-order valence-electron chi connectivity index (χ2n) is 5.27. The highest BCUT2D eigenvalue weighted by Crippen LogP contribution is 2.27. The number of aryl methyl sites for hydroxylation is 1. The van der Waals surface area contributed by atoms with Gasteiger partial charge in [-0.15, -0.1) is 11.8 Å². The quantitative estimate of drug-likeness (QED) is 0.805. The van der Waals surface area contributed by atoms with E-state index in [4.69, 9.17) is 4.74 Å². The topological polar surface area (TPSA) is 55.4 Å². The number of rotatable bonds is 6. The van der Waals surface area contributed by atoms with Crippen LogP contribution in [0.1, 0.15) is 24.1 Å². The molecular formula is C17H21NO3S2. The van der Waals surface area contributed by atoms with Crippen LogP contribution in [0.5, 0.6) is 5.75 Å². The van der Waals surface area contributed by atoms with Crippen LogP contribution in [0.15, 0.2) is 52.3 Å². The summed E-state index contributed by atoms with van der Waals surface area (Å²) in [6.45, 7) is 3.68. The Kier molecular flexibility index (Phi) is 5.73.